The molecule has 0 radical (unpaired) electrons. The number of benzene rings is 1. The van der Waals surface area contributed by atoms with Gasteiger partial charge in [-0.3, -0.25) is 24.5 Å². The summed E-state index contributed by atoms with van der Waals surface area (Å²) in [6.07, 6.45) is 7.39. The lowest BCUT2D eigenvalue weighted by Gasteiger charge is -2.38. The zero-order chi connectivity index (χ0) is 26.4. The second-order valence-electron chi connectivity index (χ2n) is 9.55. The van der Waals surface area contributed by atoms with Gasteiger partial charge in [0, 0.05) is 49.7 Å². The average Bonchev–Trinajstić information content (AvgIpc) is 3.64. The van der Waals surface area contributed by atoms with Crippen LogP contribution in [0.25, 0.3) is 6.08 Å². The second-order valence-corrected chi connectivity index (χ2v) is 10.9. The molecular formula is C26H32FN5O4S. The van der Waals surface area contributed by atoms with Crippen molar-refractivity contribution in [2.24, 2.45) is 5.92 Å². The number of aromatic nitrogens is 3. The predicted molar refractivity (Wildman–Crippen MR) is 137 cm³/mol. The van der Waals surface area contributed by atoms with E-state index in [4.69, 9.17) is 5.21 Å². The molecule has 2 N–H and O–H groups in total. The summed E-state index contributed by atoms with van der Waals surface area (Å²) in [7, 11) is 0. The van der Waals surface area contributed by atoms with Crippen molar-refractivity contribution in [1.82, 2.24) is 25.4 Å². The fourth-order valence-corrected chi connectivity index (χ4v) is 5.66. The van der Waals surface area contributed by atoms with Gasteiger partial charge in [0.15, 0.2) is 10.9 Å². The zero-order valence-corrected chi connectivity index (χ0v) is 21.6. The number of likely N-dealkylation sites (tertiary alicyclic amines) is 1. The maximum absolute atomic E-state index is 14.9. The number of Topliss-reactive ketones (excluding diaryl/α,β-unsaturated/α-hetero) is 1. The van der Waals surface area contributed by atoms with Crippen LogP contribution in [0.15, 0.2) is 36.0 Å². The number of amides is 1. The van der Waals surface area contributed by atoms with E-state index in [0.717, 1.165) is 24.1 Å². The third kappa shape index (κ3) is 7.12. The van der Waals surface area contributed by atoms with Crippen LogP contribution in [0.2, 0.25) is 0 Å². The van der Waals surface area contributed by atoms with Crippen LogP contribution >= 0.6 is 11.8 Å². The Hall–Kier alpha value is -2.89. The van der Waals surface area contributed by atoms with Gasteiger partial charge in [-0.05, 0) is 49.8 Å². The van der Waals surface area contributed by atoms with E-state index in [1.165, 1.54) is 17.8 Å². The molecule has 2 aliphatic rings. The van der Waals surface area contributed by atoms with Crippen LogP contribution in [-0.4, -0.2) is 60.2 Å². The lowest BCUT2D eigenvalue weighted by Crippen LogP contribution is -2.43. The smallest absolute Gasteiger partial charge is 0.243 e. The first-order chi connectivity index (χ1) is 17.9. The third-order valence-electron chi connectivity index (χ3n) is 6.73. The zero-order valence-electron chi connectivity index (χ0n) is 20.8. The molecule has 2 heterocycles. The molecule has 1 aromatic carbocycles. The fourth-order valence-electron chi connectivity index (χ4n) is 4.74. The molecule has 2 atom stereocenters. The maximum atomic E-state index is 14.9. The predicted octanol–water partition coefficient (Wildman–Crippen LogP) is 3.55. The highest BCUT2D eigenvalue weighted by molar-refractivity contribution is 8.14. The van der Waals surface area contributed by atoms with E-state index in [0.29, 0.717) is 44.5 Å². The van der Waals surface area contributed by atoms with Crippen LogP contribution in [0.5, 0.6) is 0 Å². The highest BCUT2D eigenvalue weighted by atomic mass is 32.2. The van der Waals surface area contributed by atoms with Crippen molar-refractivity contribution in [3.63, 3.8) is 0 Å². The molecule has 2 fully saturated rings. The third-order valence-corrected chi connectivity index (χ3v) is 7.88. The van der Waals surface area contributed by atoms with Crippen LogP contribution in [0.4, 0.5) is 4.39 Å². The summed E-state index contributed by atoms with van der Waals surface area (Å²) in [4.78, 5) is 38.6. The van der Waals surface area contributed by atoms with Gasteiger partial charge in [0.05, 0.1) is 17.9 Å². The van der Waals surface area contributed by atoms with E-state index in [1.54, 1.807) is 41.5 Å². The molecule has 0 spiro atoms. The summed E-state index contributed by atoms with van der Waals surface area (Å²) < 4.78 is 16.6. The van der Waals surface area contributed by atoms with Crippen molar-refractivity contribution < 1.29 is 24.0 Å². The lowest BCUT2D eigenvalue weighted by molar-refractivity contribution is -0.129. The summed E-state index contributed by atoms with van der Waals surface area (Å²) >= 11 is 1.27. The molecule has 198 valence electrons. The largest absolute Gasteiger partial charge is 0.297 e. The number of nitrogens with zero attached hydrogens (tertiary/aromatic N) is 4. The SMILES string of the molecule is CC(=O)SC1CCN(C(C(=O)C2CC2)c2ccccc2F)C/C1=C\c1cnnn1CCCCC(=O)NO. The Bertz CT molecular complexity index is 1170. The first kappa shape index (κ1) is 27.2. The first-order valence-corrected chi connectivity index (χ1v) is 13.5. The molecule has 1 saturated carbocycles. The molecule has 1 saturated heterocycles. The average molecular weight is 530 g/mol. The van der Waals surface area contributed by atoms with Gasteiger partial charge in [-0.2, -0.15) is 0 Å². The van der Waals surface area contributed by atoms with Crippen LogP contribution in [0.1, 0.15) is 62.7 Å². The molecular weight excluding hydrogens is 497 g/mol. The number of aryl methyl sites for hydroxylation is 1. The molecule has 4 rings (SSSR count). The molecule has 2 unspecified atom stereocenters. The number of nitrogens with one attached hydrogen (secondary N) is 1. The standard InChI is InChI=1S/C26H32FN5O4S/c1-17(33)37-23-11-13-31(25(26(35)18-9-10-18)21-6-2-3-7-22(21)27)16-19(23)14-20-15-28-30-32(20)12-5-4-8-24(34)29-36/h2-3,6-7,14-15,18,23,25,36H,4-5,8-13,16H2,1H3,(H,29,34)/b19-14+. The number of hydroxylamine groups is 1. The molecule has 1 amide bonds. The van der Waals surface area contributed by atoms with E-state index in [9.17, 15) is 18.8 Å². The Morgan fingerprint density at radius 3 is 2.73 bits per heavy atom. The molecule has 0 bridgehead atoms. The van der Waals surface area contributed by atoms with Gasteiger partial charge in [-0.15, -0.1) is 5.10 Å². The Morgan fingerprint density at radius 1 is 1.24 bits per heavy atom. The highest BCUT2D eigenvalue weighted by Crippen LogP contribution is 2.40. The van der Waals surface area contributed by atoms with Crippen molar-refractivity contribution in [1.29, 1.82) is 0 Å². The Kier molecular flexibility index (Phi) is 9.23. The maximum Gasteiger partial charge on any atom is 0.243 e. The van der Waals surface area contributed by atoms with E-state index >= 15 is 0 Å². The quantitative estimate of drug-likeness (QED) is 0.258. The van der Waals surface area contributed by atoms with Gasteiger partial charge in [0.1, 0.15) is 5.82 Å². The number of piperidine rings is 1. The first-order valence-electron chi connectivity index (χ1n) is 12.6. The molecule has 9 nitrogen and oxygen atoms in total. The van der Waals surface area contributed by atoms with Gasteiger partial charge in [0.2, 0.25) is 5.91 Å². The number of ketones is 1. The van der Waals surface area contributed by atoms with E-state index in [2.05, 4.69) is 10.3 Å². The van der Waals surface area contributed by atoms with Crippen LogP contribution in [-0.2, 0) is 20.9 Å². The number of rotatable bonds is 11. The lowest BCUT2D eigenvalue weighted by atomic mass is 9.93. The molecule has 37 heavy (non-hydrogen) atoms. The van der Waals surface area contributed by atoms with Gasteiger partial charge in [-0.1, -0.05) is 35.2 Å². The van der Waals surface area contributed by atoms with Crippen LogP contribution in [0.3, 0.4) is 0 Å². The summed E-state index contributed by atoms with van der Waals surface area (Å²) in [6.45, 7) is 3.07. The van der Waals surface area contributed by atoms with Gasteiger partial charge >= 0.3 is 0 Å². The van der Waals surface area contributed by atoms with Crippen molar-refractivity contribution in [3.05, 3.63) is 53.1 Å². The number of thioether (sulfide) groups is 1. The van der Waals surface area contributed by atoms with Crippen molar-refractivity contribution >= 4 is 34.6 Å². The molecule has 2 aromatic rings. The number of carbonyl (C=O) groups excluding carboxylic acids is 3. The van der Waals surface area contributed by atoms with Gasteiger partial charge < -0.3 is 0 Å². The summed E-state index contributed by atoms with van der Waals surface area (Å²) in [5.74, 6) is -0.789. The normalized spacial score (nSPS) is 20.1. The molecule has 1 aromatic heterocycles. The van der Waals surface area contributed by atoms with Gasteiger partial charge in [0.25, 0.3) is 0 Å². The van der Waals surface area contributed by atoms with Crippen LogP contribution in [0, 0.1) is 11.7 Å². The number of hydrogen-bond acceptors (Lipinski definition) is 8. The summed E-state index contributed by atoms with van der Waals surface area (Å²) in [5.41, 5.74) is 3.74. The Balaban J connectivity index is 1.57. The Morgan fingerprint density at radius 2 is 2.03 bits per heavy atom. The van der Waals surface area contributed by atoms with Crippen LogP contribution < -0.4 is 5.48 Å². The topological polar surface area (TPSA) is 117 Å². The van der Waals surface area contributed by atoms with E-state index < -0.39 is 11.9 Å². The highest BCUT2D eigenvalue weighted by Gasteiger charge is 2.41. The van der Waals surface area contributed by atoms with E-state index in [1.807, 2.05) is 11.0 Å². The van der Waals surface area contributed by atoms with Crippen molar-refractivity contribution in [2.75, 3.05) is 13.1 Å². The summed E-state index contributed by atoms with van der Waals surface area (Å²) in [5, 5.41) is 16.8. The summed E-state index contributed by atoms with van der Waals surface area (Å²) in [6, 6.07) is 5.81. The Labute approximate surface area is 219 Å². The monoisotopic (exact) mass is 529 g/mol. The number of hydrogen-bond donors (Lipinski definition) is 2. The van der Waals surface area contributed by atoms with Gasteiger partial charge in [-0.25, -0.2) is 14.6 Å². The number of carbonyl (C=O) groups is 3. The number of unbranched alkanes of at least 4 members (excludes halogenated alkanes) is 1. The number of halogens is 1. The minimum Gasteiger partial charge on any atom is -0.297 e. The van der Waals surface area contributed by atoms with Crippen molar-refractivity contribution in [2.45, 2.75) is 63.3 Å². The minimum absolute atomic E-state index is 0.0119. The molecule has 1 aliphatic carbocycles. The van der Waals surface area contributed by atoms with E-state index in [-0.39, 0.29) is 34.3 Å². The second kappa shape index (κ2) is 12.6. The fraction of sp³-hybridized carbons (Fsp3) is 0.500. The van der Waals surface area contributed by atoms with Crippen molar-refractivity contribution in [3.8, 4) is 0 Å². The molecule has 11 heteroatoms. The minimum atomic E-state index is -0.666. The molecule has 1 aliphatic heterocycles.